The van der Waals surface area contributed by atoms with Crippen LogP contribution in [0, 0.1) is 11.3 Å². The normalized spacial score (nSPS) is 10.1. The molecule has 0 heterocycles. The van der Waals surface area contributed by atoms with E-state index in [9.17, 15) is 9.90 Å². The van der Waals surface area contributed by atoms with Gasteiger partial charge in [0.15, 0.2) is 11.5 Å². The van der Waals surface area contributed by atoms with Gasteiger partial charge in [-0.15, -0.1) is 0 Å². The molecule has 1 N–H and O–H groups in total. The van der Waals surface area contributed by atoms with Crippen LogP contribution in [0.2, 0.25) is 0 Å². The third-order valence-electron chi connectivity index (χ3n) is 3.08. The summed E-state index contributed by atoms with van der Waals surface area (Å²) in [6, 6.07) is 4.91. The zero-order valence-electron chi connectivity index (χ0n) is 12.7. The molecule has 0 spiro atoms. The molecule has 1 rings (SSSR count). The molecule has 1 amide bonds. The lowest BCUT2D eigenvalue weighted by atomic mass is 10.1. The lowest BCUT2D eigenvalue weighted by Crippen LogP contribution is -2.37. The molecule has 1 aromatic carbocycles. The van der Waals surface area contributed by atoms with Crippen LogP contribution in [0.25, 0.3) is 0 Å². The minimum Gasteiger partial charge on any atom is -0.502 e. The summed E-state index contributed by atoms with van der Waals surface area (Å²) >= 11 is 0. The number of rotatable bonds is 6. The Morgan fingerprint density at radius 1 is 1.33 bits per heavy atom. The van der Waals surface area contributed by atoms with Crippen LogP contribution in [0.1, 0.15) is 30.6 Å². The molecule has 0 atom stereocenters. The van der Waals surface area contributed by atoms with E-state index in [0.717, 1.165) is 0 Å². The molecular formula is C15H20N2O4. The highest BCUT2D eigenvalue weighted by atomic mass is 16.5. The Hall–Kier alpha value is -2.42. The van der Waals surface area contributed by atoms with Crippen LogP contribution in [0.5, 0.6) is 17.2 Å². The Kier molecular flexibility index (Phi) is 5.85. The first kappa shape index (κ1) is 16.6. The molecule has 6 nitrogen and oxygen atoms in total. The summed E-state index contributed by atoms with van der Waals surface area (Å²) in [6.07, 6.45) is 0.260. The van der Waals surface area contributed by atoms with Crippen LogP contribution < -0.4 is 9.47 Å². The zero-order valence-corrected chi connectivity index (χ0v) is 12.7. The first-order valence-corrected chi connectivity index (χ1v) is 6.59. The lowest BCUT2D eigenvalue weighted by Gasteiger charge is -2.26. The van der Waals surface area contributed by atoms with Gasteiger partial charge in [-0.2, -0.15) is 5.26 Å². The predicted octanol–water partition coefficient (Wildman–Crippen LogP) is 2.17. The maximum Gasteiger partial charge on any atom is 0.254 e. The number of carbonyl (C=O) groups is 1. The number of nitrogens with zero attached hydrogens (tertiary/aromatic N) is 2. The second-order valence-electron chi connectivity index (χ2n) is 4.73. The number of hydrogen-bond donors (Lipinski definition) is 1. The second kappa shape index (κ2) is 7.39. The van der Waals surface area contributed by atoms with E-state index in [1.54, 1.807) is 4.90 Å². The third kappa shape index (κ3) is 3.78. The first-order chi connectivity index (χ1) is 9.96. The van der Waals surface area contributed by atoms with Gasteiger partial charge in [0.2, 0.25) is 5.75 Å². The SMILES string of the molecule is COc1cc(C(=O)N(CCC#N)C(C)C)cc(OC)c1O. The Morgan fingerprint density at radius 3 is 2.24 bits per heavy atom. The van der Waals surface area contributed by atoms with Crippen LogP contribution in [0.15, 0.2) is 12.1 Å². The van der Waals surface area contributed by atoms with Crippen LogP contribution >= 0.6 is 0 Å². The summed E-state index contributed by atoms with van der Waals surface area (Å²) in [4.78, 5) is 14.2. The number of aromatic hydroxyl groups is 1. The fourth-order valence-corrected chi connectivity index (χ4v) is 1.95. The topological polar surface area (TPSA) is 82.8 Å². The van der Waals surface area contributed by atoms with E-state index in [1.165, 1.54) is 26.4 Å². The molecule has 6 heteroatoms. The standard InChI is InChI=1S/C15H20N2O4/c1-10(2)17(7-5-6-16)15(19)11-8-12(20-3)14(18)13(9-11)21-4/h8-10,18H,5,7H2,1-4H3. The summed E-state index contributed by atoms with van der Waals surface area (Å²) in [5.74, 6) is -0.0510. The van der Waals surface area contributed by atoms with Crippen LogP contribution in [-0.4, -0.2) is 42.7 Å². The minimum absolute atomic E-state index is 0.0448. The number of nitriles is 1. The van der Waals surface area contributed by atoms with Gasteiger partial charge in [0.25, 0.3) is 5.91 Å². The van der Waals surface area contributed by atoms with Gasteiger partial charge in [-0.1, -0.05) is 0 Å². The van der Waals surface area contributed by atoms with Crippen molar-refractivity contribution < 1.29 is 19.4 Å². The average Bonchev–Trinajstić information content (AvgIpc) is 2.47. The first-order valence-electron chi connectivity index (χ1n) is 6.59. The highest BCUT2D eigenvalue weighted by Crippen LogP contribution is 2.37. The van der Waals surface area contributed by atoms with Crippen molar-refractivity contribution in [2.45, 2.75) is 26.3 Å². The molecule has 0 unspecified atom stereocenters. The van der Waals surface area contributed by atoms with E-state index >= 15 is 0 Å². The predicted molar refractivity (Wildman–Crippen MR) is 77.6 cm³/mol. The molecule has 0 aliphatic heterocycles. The largest absolute Gasteiger partial charge is 0.502 e. The summed E-state index contributed by atoms with van der Waals surface area (Å²) in [7, 11) is 2.80. The monoisotopic (exact) mass is 292 g/mol. The molecule has 0 radical (unpaired) electrons. The van der Waals surface area contributed by atoms with Crippen molar-refractivity contribution in [3.63, 3.8) is 0 Å². The van der Waals surface area contributed by atoms with Crippen molar-refractivity contribution in [2.75, 3.05) is 20.8 Å². The molecule has 114 valence electrons. The number of hydrogen-bond acceptors (Lipinski definition) is 5. The fraction of sp³-hybridized carbons (Fsp3) is 0.467. The van der Waals surface area contributed by atoms with Crippen LogP contribution in [-0.2, 0) is 0 Å². The van der Waals surface area contributed by atoms with Crippen molar-refractivity contribution >= 4 is 5.91 Å². The van der Waals surface area contributed by atoms with E-state index < -0.39 is 0 Å². The second-order valence-corrected chi connectivity index (χ2v) is 4.73. The van der Waals surface area contributed by atoms with Gasteiger partial charge in [-0.05, 0) is 26.0 Å². The minimum atomic E-state index is -0.239. The van der Waals surface area contributed by atoms with Gasteiger partial charge >= 0.3 is 0 Å². The van der Waals surface area contributed by atoms with E-state index in [4.69, 9.17) is 14.7 Å². The van der Waals surface area contributed by atoms with E-state index in [1.807, 2.05) is 19.9 Å². The molecular weight excluding hydrogens is 272 g/mol. The van der Waals surface area contributed by atoms with Gasteiger partial charge in [0.1, 0.15) is 0 Å². The maximum atomic E-state index is 12.6. The van der Waals surface area contributed by atoms with Gasteiger partial charge in [0, 0.05) is 18.2 Å². The molecule has 0 aliphatic carbocycles. The molecule has 0 saturated carbocycles. The maximum absolute atomic E-state index is 12.6. The number of phenols is 1. The average molecular weight is 292 g/mol. The number of phenolic OH excluding ortho intramolecular Hbond substituents is 1. The van der Waals surface area contributed by atoms with Crippen molar-refractivity contribution in [3.05, 3.63) is 17.7 Å². The zero-order chi connectivity index (χ0) is 16.0. The number of carbonyl (C=O) groups excluding carboxylic acids is 1. The molecule has 21 heavy (non-hydrogen) atoms. The van der Waals surface area contributed by atoms with Crippen LogP contribution in [0.4, 0.5) is 0 Å². The van der Waals surface area contributed by atoms with Crippen molar-refractivity contribution in [1.29, 1.82) is 5.26 Å². The molecule has 0 bridgehead atoms. The van der Waals surface area contributed by atoms with Gasteiger partial charge in [-0.3, -0.25) is 4.79 Å². The van der Waals surface area contributed by atoms with Crippen LogP contribution in [0.3, 0.4) is 0 Å². The Bertz CT molecular complexity index is 524. The third-order valence-corrected chi connectivity index (χ3v) is 3.08. The van der Waals surface area contributed by atoms with Gasteiger partial charge in [0.05, 0.1) is 26.7 Å². The highest BCUT2D eigenvalue weighted by Gasteiger charge is 2.22. The van der Waals surface area contributed by atoms with E-state index in [0.29, 0.717) is 12.1 Å². The number of ether oxygens (including phenoxy) is 2. The van der Waals surface area contributed by atoms with Crippen molar-refractivity contribution in [2.24, 2.45) is 0 Å². The Balaban J connectivity index is 3.18. The smallest absolute Gasteiger partial charge is 0.254 e. The van der Waals surface area contributed by atoms with Crippen molar-refractivity contribution in [3.8, 4) is 23.3 Å². The van der Waals surface area contributed by atoms with Gasteiger partial charge in [-0.25, -0.2) is 0 Å². The van der Waals surface area contributed by atoms with Crippen molar-refractivity contribution in [1.82, 2.24) is 4.90 Å². The summed E-state index contributed by atoms with van der Waals surface area (Å²) in [5, 5.41) is 18.6. The molecule has 0 saturated heterocycles. The van der Waals surface area contributed by atoms with E-state index in [-0.39, 0.29) is 35.6 Å². The highest BCUT2D eigenvalue weighted by molar-refractivity contribution is 5.95. The van der Waals surface area contributed by atoms with Gasteiger partial charge < -0.3 is 19.5 Å². The quantitative estimate of drug-likeness (QED) is 0.868. The summed E-state index contributed by atoms with van der Waals surface area (Å²) < 4.78 is 10.1. The number of benzene rings is 1. The number of amides is 1. The fourth-order valence-electron chi connectivity index (χ4n) is 1.95. The lowest BCUT2D eigenvalue weighted by molar-refractivity contribution is 0.0709. The molecule has 0 aliphatic rings. The number of methoxy groups -OCH3 is 2. The molecule has 0 fully saturated rings. The summed E-state index contributed by atoms with van der Waals surface area (Å²) in [5.41, 5.74) is 0.341. The summed E-state index contributed by atoms with van der Waals surface area (Å²) in [6.45, 7) is 4.10. The Labute approximate surface area is 124 Å². The van der Waals surface area contributed by atoms with E-state index in [2.05, 4.69) is 0 Å². The molecule has 1 aromatic rings. The Morgan fingerprint density at radius 2 is 1.86 bits per heavy atom. The molecule has 0 aromatic heterocycles.